The molecule has 0 heterocycles. The van der Waals surface area contributed by atoms with Crippen LogP contribution < -0.4 is 19.5 Å². The number of rotatable bonds is 9. The minimum Gasteiger partial charge on any atom is -0.493 e. The van der Waals surface area contributed by atoms with Crippen molar-refractivity contribution in [2.24, 2.45) is 0 Å². The smallest absolute Gasteiger partial charge is 0.261 e. The van der Waals surface area contributed by atoms with Crippen molar-refractivity contribution in [3.05, 3.63) is 83.7 Å². The van der Waals surface area contributed by atoms with Crippen molar-refractivity contribution >= 4 is 21.6 Å². The van der Waals surface area contributed by atoms with E-state index in [1.54, 1.807) is 19.2 Å². The number of carbonyl (C=O) groups excluding carboxylic acids is 1. The van der Waals surface area contributed by atoms with Crippen LogP contribution in [0.25, 0.3) is 0 Å². The minimum absolute atomic E-state index is 0.0158. The number of sulfonamides is 1. The largest absolute Gasteiger partial charge is 0.493 e. The van der Waals surface area contributed by atoms with Crippen LogP contribution in [0, 0.1) is 5.82 Å². The average molecular weight is 487 g/mol. The van der Waals surface area contributed by atoms with Crippen molar-refractivity contribution in [3.63, 3.8) is 0 Å². The van der Waals surface area contributed by atoms with Gasteiger partial charge < -0.3 is 14.8 Å². The summed E-state index contributed by atoms with van der Waals surface area (Å²) in [6, 6.07) is 15.6. The molecule has 3 rings (SSSR count). The van der Waals surface area contributed by atoms with Gasteiger partial charge in [0.05, 0.1) is 24.2 Å². The van der Waals surface area contributed by atoms with Crippen LogP contribution in [-0.4, -0.2) is 27.5 Å². The molecule has 2 N–H and O–H groups in total. The van der Waals surface area contributed by atoms with Crippen LogP contribution in [0.3, 0.4) is 0 Å². The molecule has 1 amide bonds. The molecule has 0 aliphatic rings. The van der Waals surface area contributed by atoms with E-state index in [1.165, 1.54) is 36.4 Å². The third-order valence-electron chi connectivity index (χ3n) is 4.90. The third-order valence-corrected chi connectivity index (χ3v) is 6.28. The van der Waals surface area contributed by atoms with Gasteiger partial charge in [0.25, 0.3) is 15.9 Å². The number of halogens is 1. The summed E-state index contributed by atoms with van der Waals surface area (Å²) in [5.74, 6) is 0.238. The standard InChI is InChI=1S/C25H27FN2O5S/c1-16(2)33-23-13-8-18(15-24(23)32-4)17(3)27-25(29)19-6-5-7-22(14-19)34(30,31)28-21-11-9-20(26)10-12-21/h5-17,28H,1-4H3,(H,27,29). The van der Waals surface area contributed by atoms with Crippen LogP contribution in [0.4, 0.5) is 10.1 Å². The fourth-order valence-electron chi connectivity index (χ4n) is 3.20. The lowest BCUT2D eigenvalue weighted by Gasteiger charge is -2.18. The van der Waals surface area contributed by atoms with E-state index in [4.69, 9.17) is 9.47 Å². The van der Waals surface area contributed by atoms with Gasteiger partial charge in [0.2, 0.25) is 0 Å². The first-order valence-electron chi connectivity index (χ1n) is 10.6. The number of carbonyl (C=O) groups is 1. The van der Waals surface area contributed by atoms with E-state index in [0.717, 1.165) is 17.7 Å². The first-order valence-corrected chi connectivity index (χ1v) is 12.1. The van der Waals surface area contributed by atoms with Gasteiger partial charge >= 0.3 is 0 Å². The van der Waals surface area contributed by atoms with Crippen molar-refractivity contribution in [3.8, 4) is 11.5 Å². The van der Waals surface area contributed by atoms with E-state index in [0.29, 0.717) is 11.5 Å². The van der Waals surface area contributed by atoms with Crippen molar-refractivity contribution < 1.29 is 27.1 Å². The Morgan fingerprint density at radius 3 is 2.29 bits per heavy atom. The number of hydrogen-bond acceptors (Lipinski definition) is 5. The van der Waals surface area contributed by atoms with Gasteiger partial charge in [-0.25, -0.2) is 12.8 Å². The fourth-order valence-corrected chi connectivity index (χ4v) is 4.31. The Morgan fingerprint density at radius 1 is 0.941 bits per heavy atom. The molecule has 7 nitrogen and oxygen atoms in total. The molecule has 0 saturated carbocycles. The predicted octanol–water partition coefficient (Wildman–Crippen LogP) is 4.91. The molecule has 3 aromatic rings. The second-order valence-electron chi connectivity index (χ2n) is 7.91. The van der Waals surface area contributed by atoms with Gasteiger partial charge in [0.15, 0.2) is 11.5 Å². The van der Waals surface area contributed by atoms with Crippen molar-refractivity contribution in [2.45, 2.75) is 37.8 Å². The van der Waals surface area contributed by atoms with Crippen LogP contribution in [0.2, 0.25) is 0 Å². The zero-order valence-corrected chi connectivity index (χ0v) is 20.1. The van der Waals surface area contributed by atoms with Crippen molar-refractivity contribution in [2.75, 3.05) is 11.8 Å². The summed E-state index contributed by atoms with van der Waals surface area (Å²) >= 11 is 0. The number of hydrogen-bond donors (Lipinski definition) is 2. The van der Waals surface area contributed by atoms with Gasteiger partial charge in [-0.05, 0) is 80.9 Å². The van der Waals surface area contributed by atoms with Crippen LogP contribution >= 0.6 is 0 Å². The van der Waals surface area contributed by atoms with E-state index in [2.05, 4.69) is 10.0 Å². The molecular weight excluding hydrogens is 459 g/mol. The molecule has 0 saturated heterocycles. The average Bonchev–Trinajstić information content (AvgIpc) is 2.80. The maximum Gasteiger partial charge on any atom is 0.261 e. The van der Waals surface area contributed by atoms with Gasteiger partial charge in [0, 0.05) is 11.3 Å². The van der Waals surface area contributed by atoms with Crippen LogP contribution in [0.1, 0.15) is 42.7 Å². The molecule has 0 aliphatic carbocycles. The summed E-state index contributed by atoms with van der Waals surface area (Å²) in [7, 11) is -2.43. The topological polar surface area (TPSA) is 93.7 Å². The lowest BCUT2D eigenvalue weighted by atomic mass is 10.1. The van der Waals surface area contributed by atoms with Gasteiger partial charge in [-0.15, -0.1) is 0 Å². The number of methoxy groups -OCH3 is 1. The van der Waals surface area contributed by atoms with Crippen LogP contribution in [-0.2, 0) is 10.0 Å². The fraction of sp³-hybridized carbons (Fsp3) is 0.240. The van der Waals surface area contributed by atoms with E-state index in [9.17, 15) is 17.6 Å². The zero-order chi connectivity index (χ0) is 24.9. The van der Waals surface area contributed by atoms with Crippen molar-refractivity contribution in [1.82, 2.24) is 5.32 Å². The Morgan fingerprint density at radius 2 is 1.65 bits per heavy atom. The molecule has 3 aromatic carbocycles. The highest BCUT2D eigenvalue weighted by Gasteiger charge is 2.19. The highest BCUT2D eigenvalue weighted by molar-refractivity contribution is 7.92. The van der Waals surface area contributed by atoms with Gasteiger partial charge in [0.1, 0.15) is 5.82 Å². The molecule has 0 aromatic heterocycles. The lowest BCUT2D eigenvalue weighted by molar-refractivity contribution is 0.0939. The zero-order valence-electron chi connectivity index (χ0n) is 19.3. The number of anilines is 1. The maximum absolute atomic E-state index is 13.1. The Bertz CT molecular complexity index is 1260. The molecule has 1 unspecified atom stereocenters. The van der Waals surface area contributed by atoms with Gasteiger partial charge in [-0.2, -0.15) is 0 Å². The molecule has 0 aliphatic heterocycles. The Balaban J connectivity index is 1.75. The quantitative estimate of drug-likeness (QED) is 0.448. The molecule has 9 heteroatoms. The Hall–Kier alpha value is -3.59. The first kappa shape index (κ1) is 25.0. The van der Waals surface area contributed by atoms with E-state index in [-0.39, 0.29) is 28.3 Å². The lowest BCUT2D eigenvalue weighted by Crippen LogP contribution is -2.27. The minimum atomic E-state index is -3.97. The summed E-state index contributed by atoms with van der Waals surface area (Å²) in [6.07, 6.45) is -0.0158. The maximum atomic E-state index is 13.1. The Kier molecular flexibility index (Phi) is 7.78. The summed E-state index contributed by atoms with van der Waals surface area (Å²) in [5.41, 5.74) is 1.19. The summed E-state index contributed by atoms with van der Waals surface area (Å²) in [5, 5.41) is 2.87. The highest BCUT2D eigenvalue weighted by Crippen LogP contribution is 2.31. The molecular formula is C25H27FN2O5S. The summed E-state index contributed by atoms with van der Waals surface area (Å²) < 4.78 is 52.0. The van der Waals surface area contributed by atoms with Gasteiger partial charge in [-0.1, -0.05) is 12.1 Å². The molecule has 0 fully saturated rings. The molecule has 0 spiro atoms. The van der Waals surface area contributed by atoms with E-state index >= 15 is 0 Å². The SMILES string of the molecule is COc1cc(C(C)NC(=O)c2cccc(S(=O)(=O)Nc3ccc(F)cc3)c2)ccc1OC(C)C. The summed E-state index contributed by atoms with van der Waals surface area (Å²) in [4.78, 5) is 12.8. The highest BCUT2D eigenvalue weighted by atomic mass is 32.2. The number of amides is 1. The third kappa shape index (κ3) is 6.26. The second kappa shape index (κ2) is 10.6. The molecule has 0 radical (unpaired) electrons. The van der Waals surface area contributed by atoms with Crippen molar-refractivity contribution in [1.29, 1.82) is 0 Å². The second-order valence-corrected chi connectivity index (χ2v) is 9.59. The predicted molar refractivity (Wildman–Crippen MR) is 128 cm³/mol. The Labute approximate surface area is 199 Å². The normalized spacial score (nSPS) is 12.2. The molecule has 1 atom stereocenters. The number of nitrogens with one attached hydrogen (secondary N) is 2. The number of benzene rings is 3. The van der Waals surface area contributed by atoms with Crippen LogP contribution in [0.5, 0.6) is 11.5 Å². The monoisotopic (exact) mass is 486 g/mol. The molecule has 180 valence electrons. The first-order chi connectivity index (χ1) is 16.1. The molecule has 34 heavy (non-hydrogen) atoms. The van der Waals surface area contributed by atoms with Crippen LogP contribution in [0.15, 0.2) is 71.6 Å². The molecule has 0 bridgehead atoms. The number of ether oxygens (including phenoxy) is 2. The summed E-state index contributed by atoms with van der Waals surface area (Å²) in [6.45, 7) is 5.64. The van der Waals surface area contributed by atoms with E-state index < -0.39 is 21.7 Å². The van der Waals surface area contributed by atoms with Gasteiger partial charge in [-0.3, -0.25) is 9.52 Å². The van der Waals surface area contributed by atoms with E-state index in [1.807, 2.05) is 26.8 Å².